The molecule has 282 valence electrons. The van der Waals surface area contributed by atoms with Crippen molar-refractivity contribution in [3.05, 3.63) is 78.8 Å². The van der Waals surface area contributed by atoms with E-state index in [1.165, 1.54) is 15.4 Å². The minimum Gasteiger partial charge on any atom is -0.381 e. The fraction of sp³-hybridized carbons (Fsp3) is 0.486. The van der Waals surface area contributed by atoms with Crippen LogP contribution in [0.2, 0.25) is 5.02 Å². The van der Waals surface area contributed by atoms with Crippen molar-refractivity contribution in [2.45, 2.75) is 76.7 Å². The Labute approximate surface area is 306 Å². The molecule has 2 amide bonds. The zero-order chi connectivity index (χ0) is 37.6. The molecule has 53 heavy (non-hydrogen) atoms. The van der Waals surface area contributed by atoms with Gasteiger partial charge in [-0.25, -0.2) is 4.68 Å². The summed E-state index contributed by atoms with van der Waals surface area (Å²) < 4.78 is 49.5. The number of amides is 2. The molecule has 1 atom stereocenters. The van der Waals surface area contributed by atoms with Gasteiger partial charge in [0.05, 0.1) is 34.1 Å². The predicted octanol–water partition coefficient (Wildman–Crippen LogP) is 4.52. The maximum atomic E-state index is 14.3. The molecule has 0 spiro atoms. The Morgan fingerprint density at radius 1 is 1.09 bits per heavy atom. The van der Waals surface area contributed by atoms with Crippen molar-refractivity contribution in [2.24, 2.45) is 0 Å². The number of hydrogen-bond acceptors (Lipinski definition) is 8. The van der Waals surface area contributed by atoms with E-state index in [-0.39, 0.29) is 84.1 Å². The first-order valence-electron chi connectivity index (χ1n) is 17.6. The largest absolute Gasteiger partial charge is 0.416 e. The van der Waals surface area contributed by atoms with Crippen LogP contribution in [0, 0.1) is 0 Å². The quantitative estimate of drug-likeness (QED) is 0.253. The van der Waals surface area contributed by atoms with Crippen molar-refractivity contribution in [1.29, 1.82) is 0 Å². The van der Waals surface area contributed by atoms with Crippen LogP contribution in [0.15, 0.2) is 40.1 Å². The van der Waals surface area contributed by atoms with Crippen molar-refractivity contribution in [2.75, 3.05) is 43.5 Å². The molecule has 0 radical (unpaired) electrons. The average Bonchev–Trinajstić information content (AvgIpc) is 3.73. The molecule has 1 saturated carbocycles. The summed E-state index contributed by atoms with van der Waals surface area (Å²) in [5.74, 6) is -0.538. The fourth-order valence-corrected chi connectivity index (χ4v) is 7.40. The Morgan fingerprint density at radius 2 is 1.85 bits per heavy atom. The van der Waals surface area contributed by atoms with Crippen molar-refractivity contribution >= 4 is 46.1 Å². The maximum absolute atomic E-state index is 14.3. The second-order valence-electron chi connectivity index (χ2n) is 13.5. The standard InChI is InChI=1S/C35H39ClF3N9O5/c1-3-27-29(44-13-15-45(16-14-44)31(50)24-18-40-47(32(24)51)22-5-4-6-22)33(52)48-34(42-30(43-48)20-7-10-23(53-2)11-8-20)46(27)19-28(49)41-26-12-9-21(17-25(26)36)35(37,38)39/h7,9,12,17-18,22-23,40H,3-6,8,10-11,13-16,19H2,1-2H3,(H,41,49). The number of piperazine rings is 1. The van der Waals surface area contributed by atoms with Gasteiger partial charge in [-0.15, -0.1) is 5.10 Å². The van der Waals surface area contributed by atoms with Crippen LogP contribution in [0.1, 0.15) is 78.9 Å². The third-order valence-electron chi connectivity index (χ3n) is 10.4. The van der Waals surface area contributed by atoms with Crippen LogP contribution in [-0.2, 0) is 28.7 Å². The number of methoxy groups -OCH3 is 1. The zero-order valence-corrected chi connectivity index (χ0v) is 30.0. The lowest BCUT2D eigenvalue weighted by molar-refractivity contribution is -0.137. The number of H-pyrrole nitrogens is 1. The highest BCUT2D eigenvalue weighted by Gasteiger charge is 2.33. The molecule has 14 nitrogen and oxygen atoms in total. The number of carbonyl (C=O) groups excluding carboxylic acids is 2. The molecule has 2 N–H and O–H groups in total. The molecule has 4 aromatic rings. The Bertz CT molecular complexity index is 2210. The summed E-state index contributed by atoms with van der Waals surface area (Å²) in [7, 11) is 1.65. The highest BCUT2D eigenvalue weighted by atomic mass is 35.5. The maximum Gasteiger partial charge on any atom is 0.416 e. The summed E-state index contributed by atoms with van der Waals surface area (Å²) in [6.07, 6.45) is 4.00. The number of benzene rings is 1. The molecule has 2 aliphatic carbocycles. The van der Waals surface area contributed by atoms with Gasteiger partial charge < -0.3 is 29.5 Å². The number of halogens is 4. The zero-order valence-electron chi connectivity index (χ0n) is 29.2. The molecular formula is C35H39ClF3N9O5. The van der Waals surface area contributed by atoms with Gasteiger partial charge in [0, 0.05) is 39.5 Å². The molecule has 3 aliphatic rings. The number of ether oxygens (including phenoxy) is 1. The molecule has 7 rings (SSSR count). The van der Waals surface area contributed by atoms with Gasteiger partial charge in [0.25, 0.3) is 17.0 Å². The molecule has 1 saturated heterocycles. The molecule has 3 aromatic heterocycles. The predicted molar refractivity (Wildman–Crippen MR) is 190 cm³/mol. The summed E-state index contributed by atoms with van der Waals surface area (Å²) in [6.45, 7) is 2.46. The van der Waals surface area contributed by atoms with E-state index < -0.39 is 23.2 Å². The number of aromatic amines is 1. The van der Waals surface area contributed by atoms with Crippen LogP contribution in [0.5, 0.6) is 0 Å². The minimum absolute atomic E-state index is 0.00938. The number of carbonyl (C=O) groups is 2. The van der Waals surface area contributed by atoms with Gasteiger partial charge in [-0.2, -0.15) is 22.7 Å². The normalized spacial score (nSPS) is 18.3. The molecule has 0 bridgehead atoms. The summed E-state index contributed by atoms with van der Waals surface area (Å²) in [5.41, 5.74) is -0.0643. The van der Waals surface area contributed by atoms with Gasteiger partial charge in [0.15, 0.2) is 5.82 Å². The Kier molecular flexibility index (Phi) is 9.97. The first-order valence-corrected chi connectivity index (χ1v) is 18.0. The minimum atomic E-state index is -4.61. The lowest BCUT2D eigenvalue weighted by atomic mass is 9.93. The number of anilines is 2. The summed E-state index contributed by atoms with van der Waals surface area (Å²) in [4.78, 5) is 62.5. The number of alkyl halides is 3. The lowest BCUT2D eigenvalue weighted by Crippen LogP contribution is -2.51. The van der Waals surface area contributed by atoms with Crippen LogP contribution >= 0.6 is 11.6 Å². The summed E-state index contributed by atoms with van der Waals surface area (Å²) >= 11 is 6.14. The topological polar surface area (TPSA) is 152 Å². The van der Waals surface area contributed by atoms with Gasteiger partial charge in [-0.3, -0.25) is 19.2 Å². The molecule has 1 unspecified atom stereocenters. The number of aromatic nitrogens is 6. The van der Waals surface area contributed by atoms with Crippen LogP contribution in [0.25, 0.3) is 11.4 Å². The number of nitrogens with zero attached hydrogens (tertiary/aromatic N) is 7. The highest BCUT2D eigenvalue weighted by Crippen LogP contribution is 2.34. The monoisotopic (exact) mass is 757 g/mol. The fourth-order valence-electron chi connectivity index (χ4n) is 7.18. The Hall–Kier alpha value is -4.90. The summed E-state index contributed by atoms with van der Waals surface area (Å²) in [6, 6.07) is 2.74. The van der Waals surface area contributed by atoms with Crippen LogP contribution in [0.4, 0.5) is 24.5 Å². The number of nitrogens with one attached hydrogen (secondary N) is 2. The lowest BCUT2D eigenvalue weighted by Gasteiger charge is -2.36. The van der Waals surface area contributed by atoms with E-state index in [1.807, 2.05) is 17.9 Å². The molecule has 4 heterocycles. The van der Waals surface area contributed by atoms with Gasteiger partial charge >= 0.3 is 6.18 Å². The molecule has 1 aliphatic heterocycles. The average molecular weight is 758 g/mol. The van der Waals surface area contributed by atoms with E-state index in [0.717, 1.165) is 49.5 Å². The first-order chi connectivity index (χ1) is 25.4. The van der Waals surface area contributed by atoms with Crippen molar-refractivity contribution in [3.8, 4) is 0 Å². The van der Waals surface area contributed by atoms with E-state index >= 15 is 0 Å². The highest BCUT2D eigenvalue weighted by molar-refractivity contribution is 6.33. The Morgan fingerprint density at radius 3 is 2.45 bits per heavy atom. The van der Waals surface area contributed by atoms with Gasteiger partial charge in [0.1, 0.15) is 17.8 Å². The van der Waals surface area contributed by atoms with Gasteiger partial charge in [0.2, 0.25) is 11.7 Å². The first kappa shape index (κ1) is 36.5. The van der Waals surface area contributed by atoms with E-state index in [0.29, 0.717) is 30.8 Å². The number of rotatable bonds is 9. The number of hydrogen-bond donors (Lipinski definition) is 2. The molecule has 2 fully saturated rings. The van der Waals surface area contributed by atoms with Crippen molar-refractivity contribution in [3.63, 3.8) is 0 Å². The van der Waals surface area contributed by atoms with Crippen LogP contribution < -0.4 is 21.3 Å². The Balaban J connectivity index is 1.20. The van der Waals surface area contributed by atoms with E-state index in [1.54, 1.807) is 16.6 Å². The van der Waals surface area contributed by atoms with E-state index in [2.05, 4.69) is 15.5 Å². The van der Waals surface area contributed by atoms with Crippen molar-refractivity contribution in [1.82, 2.24) is 33.8 Å². The second-order valence-corrected chi connectivity index (χ2v) is 13.9. The van der Waals surface area contributed by atoms with Crippen LogP contribution in [0.3, 0.4) is 0 Å². The molecular weight excluding hydrogens is 719 g/mol. The number of fused-ring (bicyclic) bond motifs is 1. The van der Waals surface area contributed by atoms with Crippen molar-refractivity contribution < 1.29 is 27.5 Å². The SMILES string of the molecule is CCc1c(N2CCN(C(=O)c3c[nH]n(C4CCC4)c3=O)CC2)c(=O)n2nc(C3=CCC(OC)CC3)nc2n1CC(=O)Nc1ccc(C(F)(F)F)cc1Cl. The van der Waals surface area contributed by atoms with E-state index in [9.17, 15) is 32.3 Å². The third-order valence-corrected chi connectivity index (χ3v) is 10.7. The second kappa shape index (κ2) is 14.5. The molecule has 18 heteroatoms. The summed E-state index contributed by atoms with van der Waals surface area (Å²) in [5, 5.41) is 9.86. The van der Waals surface area contributed by atoms with E-state index in [4.69, 9.17) is 21.3 Å². The number of allylic oxidation sites excluding steroid dienone is 1. The van der Waals surface area contributed by atoms with Gasteiger partial charge in [-0.1, -0.05) is 24.6 Å². The van der Waals surface area contributed by atoms with Gasteiger partial charge in [-0.05, 0) is 68.7 Å². The molecule has 1 aromatic carbocycles. The van der Waals surface area contributed by atoms with Crippen LogP contribution in [-0.4, -0.2) is 85.1 Å². The third kappa shape index (κ3) is 6.99. The smallest absolute Gasteiger partial charge is 0.381 e.